The van der Waals surface area contributed by atoms with Gasteiger partial charge in [-0.05, 0) is 25.7 Å². The van der Waals surface area contributed by atoms with Crippen LogP contribution in [0.25, 0.3) is 0 Å². The molecule has 1 heterocycles. The molecule has 0 aromatic rings. The summed E-state index contributed by atoms with van der Waals surface area (Å²) in [5, 5.41) is 9.30. The monoisotopic (exact) mass is 212 g/mol. The quantitative estimate of drug-likeness (QED) is 0.726. The van der Waals surface area contributed by atoms with Gasteiger partial charge in [0.15, 0.2) is 0 Å². The van der Waals surface area contributed by atoms with Gasteiger partial charge in [-0.2, -0.15) is 0 Å². The van der Waals surface area contributed by atoms with Gasteiger partial charge in [0, 0.05) is 6.61 Å². The third-order valence-corrected chi connectivity index (χ3v) is 3.91. The fraction of sp³-hybridized carbons (Fsp3) is 0.917. The molecule has 1 aliphatic carbocycles. The van der Waals surface area contributed by atoms with Crippen LogP contribution < -0.4 is 0 Å². The van der Waals surface area contributed by atoms with E-state index < -0.39 is 5.97 Å². The van der Waals surface area contributed by atoms with E-state index in [1.807, 2.05) is 0 Å². The molecular weight excluding hydrogens is 192 g/mol. The molecule has 86 valence electrons. The van der Waals surface area contributed by atoms with E-state index in [2.05, 4.69) is 0 Å². The van der Waals surface area contributed by atoms with Gasteiger partial charge in [0.2, 0.25) is 0 Å². The highest BCUT2D eigenvalue weighted by Gasteiger charge is 2.45. The molecule has 1 atom stereocenters. The predicted octanol–water partition coefficient (Wildman–Crippen LogP) is 2.59. The van der Waals surface area contributed by atoms with E-state index in [1.165, 1.54) is 6.42 Å². The largest absolute Gasteiger partial charge is 0.481 e. The SMILES string of the molecule is O=C(O)C1CCCCOC12CCCCC2. The second-order valence-corrected chi connectivity index (χ2v) is 4.86. The van der Waals surface area contributed by atoms with E-state index in [9.17, 15) is 9.90 Å². The van der Waals surface area contributed by atoms with Gasteiger partial charge in [0.1, 0.15) is 0 Å². The molecule has 0 bridgehead atoms. The summed E-state index contributed by atoms with van der Waals surface area (Å²) < 4.78 is 5.92. The summed E-state index contributed by atoms with van der Waals surface area (Å²) in [4.78, 5) is 11.3. The summed E-state index contributed by atoms with van der Waals surface area (Å²) >= 11 is 0. The molecule has 0 amide bonds. The molecule has 0 aromatic heterocycles. The lowest BCUT2D eigenvalue weighted by Crippen LogP contribution is -2.45. The summed E-state index contributed by atoms with van der Waals surface area (Å²) in [6, 6.07) is 0. The number of rotatable bonds is 1. The van der Waals surface area contributed by atoms with Crippen LogP contribution in [0.15, 0.2) is 0 Å². The van der Waals surface area contributed by atoms with Gasteiger partial charge in [-0.25, -0.2) is 0 Å². The molecule has 2 aliphatic rings. The average molecular weight is 212 g/mol. The molecule has 0 radical (unpaired) electrons. The number of hydrogen-bond acceptors (Lipinski definition) is 2. The molecule has 3 heteroatoms. The molecule has 3 nitrogen and oxygen atoms in total. The minimum Gasteiger partial charge on any atom is -0.481 e. The number of carbonyl (C=O) groups is 1. The van der Waals surface area contributed by atoms with Gasteiger partial charge in [-0.3, -0.25) is 4.79 Å². The number of hydrogen-bond donors (Lipinski definition) is 1. The Labute approximate surface area is 90.8 Å². The van der Waals surface area contributed by atoms with Crippen molar-refractivity contribution in [2.75, 3.05) is 6.61 Å². The smallest absolute Gasteiger partial charge is 0.309 e. The van der Waals surface area contributed by atoms with Crippen molar-refractivity contribution >= 4 is 5.97 Å². The summed E-state index contributed by atoms with van der Waals surface area (Å²) in [7, 11) is 0. The maximum atomic E-state index is 11.3. The minimum absolute atomic E-state index is 0.264. The zero-order valence-corrected chi connectivity index (χ0v) is 9.21. The summed E-state index contributed by atoms with van der Waals surface area (Å²) in [5.41, 5.74) is -0.319. The highest BCUT2D eigenvalue weighted by Crippen LogP contribution is 2.41. The summed E-state index contributed by atoms with van der Waals surface area (Å²) in [6.07, 6.45) is 8.21. The Morgan fingerprint density at radius 2 is 1.87 bits per heavy atom. The van der Waals surface area contributed by atoms with E-state index in [1.54, 1.807) is 0 Å². The van der Waals surface area contributed by atoms with Crippen molar-refractivity contribution in [2.24, 2.45) is 5.92 Å². The summed E-state index contributed by atoms with van der Waals surface area (Å²) in [6.45, 7) is 0.754. The molecule has 1 unspecified atom stereocenters. The Kier molecular flexibility index (Phi) is 3.29. The minimum atomic E-state index is -0.654. The Balaban J connectivity index is 2.17. The maximum Gasteiger partial charge on any atom is 0.309 e. The van der Waals surface area contributed by atoms with Crippen LogP contribution in [0.2, 0.25) is 0 Å². The van der Waals surface area contributed by atoms with Crippen LogP contribution in [0.3, 0.4) is 0 Å². The van der Waals surface area contributed by atoms with Crippen LogP contribution in [0.5, 0.6) is 0 Å². The van der Waals surface area contributed by atoms with Gasteiger partial charge in [0.25, 0.3) is 0 Å². The molecule has 1 saturated heterocycles. The third kappa shape index (κ3) is 2.17. The number of ether oxygens (including phenoxy) is 1. The molecule has 15 heavy (non-hydrogen) atoms. The molecule has 1 N–H and O–H groups in total. The number of carboxylic acids is 1. The van der Waals surface area contributed by atoms with Crippen LogP contribution in [-0.2, 0) is 9.53 Å². The zero-order chi connectivity index (χ0) is 10.7. The Morgan fingerprint density at radius 1 is 1.13 bits per heavy atom. The van der Waals surface area contributed by atoms with E-state index in [4.69, 9.17) is 4.74 Å². The first-order chi connectivity index (χ1) is 7.25. The van der Waals surface area contributed by atoms with Crippen LogP contribution >= 0.6 is 0 Å². The van der Waals surface area contributed by atoms with Crippen molar-refractivity contribution in [1.82, 2.24) is 0 Å². The first kappa shape index (κ1) is 10.9. The maximum absolute atomic E-state index is 11.3. The first-order valence-electron chi connectivity index (χ1n) is 6.11. The van der Waals surface area contributed by atoms with Gasteiger partial charge in [-0.15, -0.1) is 0 Å². The van der Waals surface area contributed by atoms with E-state index in [0.717, 1.165) is 51.6 Å². The van der Waals surface area contributed by atoms with Crippen molar-refractivity contribution < 1.29 is 14.6 Å². The lowest BCUT2D eigenvalue weighted by molar-refractivity contribution is -0.161. The molecule has 2 rings (SSSR count). The fourth-order valence-corrected chi connectivity index (χ4v) is 3.08. The van der Waals surface area contributed by atoms with Crippen LogP contribution in [0, 0.1) is 5.92 Å². The molecule has 1 saturated carbocycles. The second kappa shape index (κ2) is 4.52. The number of carboxylic acid groups (broad SMARTS) is 1. The topological polar surface area (TPSA) is 46.5 Å². The van der Waals surface area contributed by atoms with Crippen molar-refractivity contribution in [3.05, 3.63) is 0 Å². The van der Waals surface area contributed by atoms with Gasteiger partial charge >= 0.3 is 5.97 Å². The molecule has 0 aromatic carbocycles. The Morgan fingerprint density at radius 3 is 2.53 bits per heavy atom. The van der Waals surface area contributed by atoms with Gasteiger partial charge < -0.3 is 9.84 Å². The fourth-order valence-electron chi connectivity index (χ4n) is 3.08. The standard InChI is InChI=1S/C12H20O3/c13-11(14)10-6-2-5-9-15-12(10)7-3-1-4-8-12/h10H,1-9H2,(H,13,14). The molecular formula is C12H20O3. The molecule has 1 aliphatic heterocycles. The number of aliphatic carboxylic acids is 1. The van der Waals surface area contributed by atoms with E-state index >= 15 is 0 Å². The van der Waals surface area contributed by atoms with Crippen molar-refractivity contribution in [2.45, 2.75) is 57.0 Å². The van der Waals surface area contributed by atoms with Crippen molar-refractivity contribution in [3.63, 3.8) is 0 Å². The van der Waals surface area contributed by atoms with E-state index in [0.29, 0.717) is 0 Å². The predicted molar refractivity (Wildman–Crippen MR) is 56.7 cm³/mol. The highest BCUT2D eigenvalue weighted by molar-refractivity contribution is 5.71. The zero-order valence-electron chi connectivity index (χ0n) is 9.21. The lowest BCUT2D eigenvalue weighted by Gasteiger charge is -2.40. The van der Waals surface area contributed by atoms with Crippen LogP contribution in [0.4, 0.5) is 0 Å². The third-order valence-electron chi connectivity index (χ3n) is 3.91. The van der Waals surface area contributed by atoms with Crippen LogP contribution in [-0.4, -0.2) is 23.3 Å². The van der Waals surface area contributed by atoms with Gasteiger partial charge in [0.05, 0.1) is 11.5 Å². The molecule has 1 spiro atoms. The average Bonchev–Trinajstić information content (AvgIpc) is 2.42. The summed E-state index contributed by atoms with van der Waals surface area (Å²) in [5.74, 6) is -0.918. The van der Waals surface area contributed by atoms with Crippen molar-refractivity contribution in [1.29, 1.82) is 0 Å². The lowest BCUT2D eigenvalue weighted by atomic mass is 9.74. The normalized spacial score (nSPS) is 31.1. The Hall–Kier alpha value is -0.570. The molecule has 2 fully saturated rings. The van der Waals surface area contributed by atoms with Gasteiger partial charge in [-0.1, -0.05) is 25.7 Å². The van der Waals surface area contributed by atoms with Crippen LogP contribution in [0.1, 0.15) is 51.4 Å². The highest BCUT2D eigenvalue weighted by atomic mass is 16.5. The first-order valence-corrected chi connectivity index (χ1v) is 6.11. The van der Waals surface area contributed by atoms with E-state index in [-0.39, 0.29) is 11.5 Å². The van der Waals surface area contributed by atoms with Crippen molar-refractivity contribution in [3.8, 4) is 0 Å². The second-order valence-electron chi connectivity index (χ2n) is 4.86. The Bertz CT molecular complexity index is 231.